The second-order valence-electron chi connectivity index (χ2n) is 7.57. The Bertz CT molecular complexity index is 996. The molecule has 9 heteroatoms. The maximum atomic E-state index is 12.9. The summed E-state index contributed by atoms with van der Waals surface area (Å²) in [5, 5.41) is 5.66. The van der Waals surface area contributed by atoms with Crippen molar-refractivity contribution < 1.29 is 19.2 Å². The van der Waals surface area contributed by atoms with E-state index in [4.69, 9.17) is 0 Å². The lowest BCUT2D eigenvalue weighted by molar-refractivity contribution is -0.134. The van der Waals surface area contributed by atoms with Gasteiger partial charge in [0.2, 0.25) is 5.91 Å². The van der Waals surface area contributed by atoms with E-state index in [1.165, 1.54) is 6.92 Å². The molecule has 0 radical (unpaired) electrons. The number of carbonyl (C=O) groups excluding carboxylic acids is 4. The lowest BCUT2D eigenvalue weighted by Crippen LogP contribution is -2.47. The van der Waals surface area contributed by atoms with Crippen molar-refractivity contribution >= 4 is 40.1 Å². The van der Waals surface area contributed by atoms with E-state index in [9.17, 15) is 19.2 Å². The van der Waals surface area contributed by atoms with Gasteiger partial charge in [-0.15, -0.1) is 0 Å². The van der Waals surface area contributed by atoms with Crippen LogP contribution in [0.15, 0.2) is 30.3 Å². The number of nitrogens with zero attached hydrogens (tertiary/aromatic N) is 2. The van der Waals surface area contributed by atoms with Crippen molar-refractivity contribution in [1.82, 2.24) is 15.2 Å². The second-order valence-corrected chi connectivity index (χ2v) is 8.57. The number of ketones is 1. The first kappa shape index (κ1) is 22.6. The summed E-state index contributed by atoms with van der Waals surface area (Å²) in [5.41, 5.74) is 0.320. The van der Waals surface area contributed by atoms with E-state index in [1.807, 2.05) is 44.2 Å². The van der Waals surface area contributed by atoms with Crippen LogP contribution < -0.4 is 10.6 Å². The summed E-state index contributed by atoms with van der Waals surface area (Å²) in [6, 6.07) is 8.65. The molecule has 1 saturated heterocycles. The fourth-order valence-electron chi connectivity index (χ4n) is 3.84. The van der Waals surface area contributed by atoms with E-state index in [0.717, 1.165) is 34.6 Å². The maximum Gasteiger partial charge on any atom is 0.325 e. The smallest absolute Gasteiger partial charge is 0.323 e. The number of carbonyl (C=O) groups is 4. The van der Waals surface area contributed by atoms with Crippen molar-refractivity contribution in [3.8, 4) is 11.3 Å². The number of thiazole rings is 1. The van der Waals surface area contributed by atoms with Crippen LogP contribution in [0, 0.1) is 0 Å². The highest BCUT2D eigenvalue weighted by Crippen LogP contribution is 2.32. The van der Waals surface area contributed by atoms with Crippen LogP contribution in [-0.2, 0) is 9.59 Å². The third-order valence-corrected chi connectivity index (χ3v) is 6.21. The molecule has 4 amide bonds. The topological polar surface area (TPSA) is 108 Å². The fraction of sp³-hybridized carbons (Fsp3) is 0.409. The van der Waals surface area contributed by atoms with Crippen molar-refractivity contribution in [3.63, 3.8) is 0 Å². The number of nitrogens with one attached hydrogen (secondary N) is 2. The molecule has 0 saturated carbocycles. The molecule has 1 fully saturated rings. The van der Waals surface area contributed by atoms with Crippen LogP contribution in [-0.4, -0.2) is 45.6 Å². The summed E-state index contributed by atoms with van der Waals surface area (Å²) < 4.78 is 0. The zero-order valence-corrected chi connectivity index (χ0v) is 18.7. The second kappa shape index (κ2) is 9.38. The maximum absolute atomic E-state index is 12.9. The quantitative estimate of drug-likeness (QED) is 0.453. The van der Waals surface area contributed by atoms with Gasteiger partial charge in [0.15, 0.2) is 10.9 Å². The number of benzene rings is 1. The zero-order valence-electron chi connectivity index (χ0n) is 17.9. The summed E-state index contributed by atoms with van der Waals surface area (Å²) in [5.74, 6) is -1.07. The summed E-state index contributed by atoms with van der Waals surface area (Å²) in [6.45, 7) is 4.94. The van der Waals surface area contributed by atoms with Gasteiger partial charge in [-0.2, -0.15) is 0 Å². The Morgan fingerprint density at radius 3 is 2.35 bits per heavy atom. The van der Waals surface area contributed by atoms with Crippen molar-refractivity contribution in [2.75, 3.05) is 11.9 Å². The summed E-state index contributed by atoms with van der Waals surface area (Å²) in [6.07, 6.45) is 2.53. The lowest BCUT2D eigenvalue weighted by Gasteiger charge is -2.25. The molecule has 1 aliphatic heterocycles. The predicted octanol–water partition coefficient (Wildman–Crippen LogP) is 3.84. The number of anilines is 1. The Kier molecular flexibility index (Phi) is 6.84. The minimum absolute atomic E-state index is 0.158. The average Bonchev–Trinajstić information content (AvgIpc) is 3.25. The van der Waals surface area contributed by atoms with Gasteiger partial charge >= 0.3 is 6.03 Å². The Morgan fingerprint density at radius 1 is 1.13 bits per heavy atom. The standard InChI is InChI=1S/C22H26N4O4S/c1-4-11-22(12-5-2)19(29)26(21(30)25-22)13-16(28)23-20-24-17(18(31-20)14(3)27)15-9-7-6-8-10-15/h6-10H,4-5,11-13H2,1-3H3,(H,25,30)(H,23,24,28). The molecule has 0 aliphatic carbocycles. The molecule has 0 spiro atoms. The molecule has 3 rings (SSSR count). The minimum atomic E-state index is -0.940. The van der Waals surface area contributed by atoms with E-state index in [0.29, 0.717) is 23.4 Å². The Hall–Kier alpha value is -3.07. The molecule has 164 valence electrons. The molecule has 0 unspecified atom stereocenters. The normalized spacial score (nSPS) is 15.1. The number of rotatable bonds is 9. The van der Waals surface area contributed by atoms with E-state index < -0.39 is 24.0 Å². The van der Waals surface area contributed by atoms with Gasteiger partial charge < -0.3 is 10.6 Å². The summed E-state index contributed by atoms with van der Waals surface area (Å²) in [4.78, 5) is 55.8. The number of Topliss-reactive ketones (excluding diaryl/α,β-unsaturated/α-hetero) is 1. The molecule has 0 atom stereocenters. The van der Waals surface area contributed by atoms with Crippen LogP contribution in [0.5, 0.6) is 0 Å². The molecule has 2 heterocycles. The number of urea groups is 1. The first-order valence-electron chi connectivity index (χ1n) is 10.3. The lowest BCUT2D eigenvalue weighted by atomic mass is 9.88. The van der Waals surface area contributed by atoms with E-state index in [-0.39, 0.29) is 16.8 Å². The highest BCUT2D eigenvalue weighted by Gasteiger charge is 2.50. The number of aromatic nitrogens is 1. The molecule has 1 aromatic carbocycles. The predicted molar refractivity (Wildman–Crippen MR) is 119 cm³/mol. The van der Waals surface area contributed by atoms with E-state index in [2.05, 4.69) is 15.6 Å². The Balaban J connectivity index is 1.76. The SMILES string of the molecule is CCCC1(CCC)NC(=O)N(CC(=O)Nc2nc(-c3ccccc3)c(C(C)=O)s2)C1=O. The molecule has 0 bridgehead atoms. The average molecular weight is 443 g/mol. The number of imide groups is 1. The van der Waals surface area contributed by atoms with Gasteiger partial charge in [-0.3, -0.25) is 19.3 Å². The van der Waals surface area contributed by atoms with Gasteiger partial charge in [0, 0.05) is 12.5 Å². The molecule has 2 N–H and O–H groups in total. The summed E-state index contributed by atoms with van der Waals surface area (Å²) >= 11 is 1.07. The third-order valence-electron chi connectivity index (χ3n) is 5.14. The first-order chi connectivity index (χ1) is 14.8. The molecular weight excluding hydrogens is 416 g/mol. The van der Waals surface area contributed by atoms with Gasteiger partial charge in [-0.05, 0) is 12.8 Å². The van der Waals surface area contributed by atoms with E-state index in [1.54, 1.807) is 0 Å². The monoisotopic (exact) mass is 442 g/mol. The van der Waals surface area contributed by atoms with Gasteiger partial charge in [0.1, 0.15) is 12.1 Å². The van der Waals surface area contributed by atoms with Gasteiger partial charge in [0.25, 0.3) is 5.91 Å². The largest absolute Gasteiger partial charge is 0.325 e. The highest BCUT2D eigenvalue weighted by atomic mass is 32.1. The van der Waals surface area contributed by atoms with Gasteiger partial charge in [0.05, 0.1) is 10.6 Å². The van der Waals surface area contributed by atoms with Crippen LogP contribution in [0.1, 0.15) is 56.1 Å². The highest BCUT2D eigenvalue weighted by molar-refractivity contribution is 7.18. The first-order valence-corrected chi connectivity index (χ1v) is 11.1. The number of hydrogen-bond acceptors (Lipinski definition) is 6. The zero-order chi connectivity index (χ0) is 22.6. The molecule has 8 nitrogen and oxygen atoms in total. The molecule has 31 heavy (non-hydrogen) atoms. The van der Waals surface area contributed by atoms with Crippen LogP contribution >= 0.6 is 11.3 Å². The van der Waals surface area contributed by atoms with Gasteiger partial charge in [-0.25, -0.2) is 9.78 Å². The third kappa shape index (κ3) is 4.66. The number of hydrogen-bond donors (Lipinski definition) is 2. The van der Waals surface area contributed by atoms with Crippen molar-refractivity contribution in [3.05, 3.63) is 35.2 Å². The van der Waals surface area contributed by atoms with Crippen molar-refractivity contribution in [2.45, 2.75) is 52.0 Å². The Morgan fingerprint density at radius 2 is 1.77 bits per heavy atom. The van der Waals surface area contributed by atoms with Crippen LogP contribution in [0.2, 0.25) is 0 Å². The van der Waals surface area contributed by atoms with Gasteiger partial charge in [-0.1, -0.05) is 68.4 Å². The van der Waals surface area contributed by atoms with Crippen LogP contribution in [0.3, 0.4) is 0 Å². The minimum Gasteiger partial charge on any atom is -0.323 e. The van der Waals surface area contributed by atoms with Crippen LogP contribution in [0.4, 0.5) is 9.93 Å². The fourth-order valence-corrected chi connectivity index (χ4v) is 4.74. The molecular formula is C22H26N4O4S. The molecule has 2 aromatic rings. The Labute approximate surface area is 185 Å². The van der Waals surface area contributed by atoms with Crippen LogP contribution in [0.25, 0.3) is 11.3 Å². The molecule has 1 aliphatic rings. The number of amides is 4. The van der Waals surface area contributed by atoms with Crippen molar-refractivity contribution in [1.29, 1.82) is 0 Å². The van der Waals surface area contributed by atoms with E-state index >= 15 is 0 Å². The molecule has 1 aromatic heterocycles. The summed E-state index contributed by atoms with van der Waals surface area (Å²) in [7, 11) is 0. The van der Waals surface area contributed by atoms with Crippen molar-refractivity contribution in [2.24, 2.45) is 0 Å².